The summed E-state index contributed by atoms with van der Waals surface area (Å²) in [6.07, 6.45) is 3.52. The van der Waals surface area contributed by atoms with Gasteiger partial charge in [-0.3, -0.25) is 0 Å². The third kappa shape index (κ3) is 5.54. The van der Waals surface area contributed by atoms with Crippen LogP contribution in [-0.2, 0) is 16.1 Å². The van der Waals surface area contributed by atoms with Gasteiger partial charge in [-0.1, -0.05) is 59.1 Å². The van der Waals surface area contributed by atoms with Crippen molar-refractivity contribution < 1.29 is 19.0 Å². The Labute approximate surface area is 215 Å². The second-order valence-electron chi connectivity index (χ2n) is 7.42. The van der Waals surface area contributed by atoms with Gasteiger partial charge >= 0.3 is 5.97 Å². The molecule has 0 unspecified atom stereocenters. The molecular formula is C26H19Cl2IO4. The first-order chi connectivity index (χ1) is 15.8. The molecule has 0 saturated carbocycles. The third-order valence-electron chi connectivity index (χ3n) is 5.02. The van der Waals surface area contributed by atoms with E-state index in [4.69, 9.17) is 37.4 Å². The molecule has 0 spiro atoms. The second kappa shape index (κ2) is 10.2. The van der Waals surface area contributed by atoms with Crippen molar-refractivity contribution in [1.82, 2.24) is 0 Å². The van der Waals surface area contributed by atoms with Crippen LogP contribution in [0.1, 0.15) is 22.3 Å². The van der Waals surface area contributed by atoms with Crippen LogP contribution in [0.3, 0.4) is 0 Å². The minimum atomic E-state index is -0.391. The average molecular weight is 593 g/mol. The molecule has 4 rings (SSSR count). The third-order valence-corrected chi connectivity index (χ3v) is 6.41. The van der Waals surface area contributed by atoms with Crippen LogP contribution in [0.5, 0.6) is 11.5 Å². The van der Waals surface area contributed by atoms with E-state index in [-0.39, 0.29) is 6.61 Å². The molecule has 3 aromatic carbocycles. The summed E-state index contributed by atoms with van der Waals surface area (Å²) in [6.45, 7) is 2.27. The summed E-state index contributed by atoms with van der Waals surface area (Å²) in [7, 11) is 1.57. The molecule has 0 atom stereocenters. The van der Waals surface area contributed by atoms with E-state index in [0.29, 0.717) is 32.9 Å². The van der Waals surface area contributed by atoms with Crippen LogP contribution in [0.15, 0.2) is 66.2 Å². The lowest BCUT2D eigenvalue weighted by Crippen LogP contribution is -2.01. The summed E-state index contributed by atoms with van der Waals surface area (Å²) < 4.78 is 17.9. The minimum absolute atomic E-state index is 0.262. The topological polar surface area (TPSA) is 44.8 Å². The van der Waals surface area contributed by atoms with Gasteiger partial charge < -0.3 is 14.2 Å². The fourth-order valence-electron chi connectivity index (χ4n) is 3.28. The van der Waals surface area contributed by atoms with Gasteiger partial charge in [-0.15, -0.1) is 0 Å². The molecule has 0 aromatic heterocycles. The number of carbonyl (C=O) groups is 1. The van der Waals surface area contributed by atoms with Gasteiger partial charge in [0.1, 0.15) is 12.4 Å². The molecule has 0 fully saturated rings. The summed E-state index contributed by atoms with van der Waals surface area (Å²) in [6, 6.07) is 16.8. The number of aryl methyl sites for hydroxylation is 1. The van der Waals surface area contributed by atoms with E-state index in [1.165, 1.54) is 0 Å². The van der Waals surface area contributed by atoms with Crippen molar-refractivity contribution in [2.75, 3.05) is 7.11 Å². The molecule has 3 aromatic rings. The monoisotopic (exact) mass is 592 g/mol. The molecule has 168 valence electrons. The van der Waals surface area contributed by atoms with E-state index in [1.54, 1.807) is 31.4 Å². The van der Waals surface area contributed by atoms with Crippen molar-refractivity contribution in [2.45, 2.75) is 13.5 Å². The van der Waals surface area contributed by atoms with Crippen molar-refractivity contribution in [3.63, 3.8) is 0 Å². The normalized spacial score (nSPS) is 14.3. The number of halogens is 3. The minimum Gasteiger partial charge on any atom is -0.493 e. The zero-order valence-corrected chi connectivity index (χ0v) is 21.5. The molecule has 0 bridgehead atoms. The van der Waals surface area contributed by atoms with Crippen LogP contribution in [-0.4, -0.2) is 13.1 Å². The maximum atomic E-state index is 12.4. The Bertz CT molecular complexity index is 1280. The highest BCUT2D eigenvalue weighted by molar-refractivity contribution is 14.1. The van der Waals surface area contributed by atoms with E-state index < -0.39 is 5.97 Å². The summed E-state index contributed by atoms with van der Waals surface area (Å²) in [5.74, 6) is 1.29. The Hall–Kier alpha value is -2.48. The fourth-order valence-corrected chi connectivity index (χ4v) is 4.52. The molecule has 33 heavy (non-hydrogen) atoms. The van der Waals surface area contributed by atoms with Crippen LogP contribution in [0, 0.1) is 10.5 Å². The highest BCUT2D eigenvalue weighted by atomic mass is 127. The summed E-state index contributed by atoms with van der Waals surface area (Å²) in [5, 5.41) is 1.10. The lowest BCUT2D eigenvalue weighted by Gasteiger charge is -2.14. The van der Waals surface area contributed by atoms with Crippen molar-refractivity contribution >= 4 is 63.6 Å². The van der Waals surface area contributed by atoms with Gasteiger partial charge in [0.05, 0.1) is 16.3 Å². The smallest absolute Gasteiger partial charge is 0.343 e. The predicted molar refractivity (Wildman–Crippen MR) is 140 cm³/mol. The molecule has 0 saturated heterocycles. The number of benzene rings is 3. The quantitative estimate of drug-likeness (QED) is 0.169. The number of rotatable bonds is 6. The zero-order valence-electron chi connectivity index (χ0n) is 17.8. The lowest BCUT2D eigenvalue weighted by molar-refractivity contribution is -0.130. The standard InChI is InChI=1S/C26H19Cl2IO4/c1-15-3-5-17(6-4-15)23-12-19(26(30)33-23)9-16-10-22(29)25(24(11-16)31-2)32-14-18-7-8-20(27)13-21(18)28/h3-13H,14H2,1-2H3/b19-9+. The number of ether oxygens (including phenoxy) is 3. The maximum Gasteiger partial charge on any atom is 0.343 e. The number of methoxy groups -OCH3 is 1. The van der Waals surface area contributed by atoms with E-state index >= 15 is 0 Å². The van der Waals surface area contributed by atoms with Gasteiger partial charge in [0.2, 0.25) is 0 Å². The highest BCUT2D eigenvalue weighted by Crippen LogP contribution is 2.36. The van der Waals surface area contributed by atoms with Gasteiger partial charge in [0, 0.05) is 21.2 Å². The molecule has 7 heteroatoms. The highest BCUT2D eigenvalue weighted by Gasteiger charge is 2.22. The summed E-state index contributed by atoms with van der Waals surface area (Å²) in [5.41, 5.74) is 4.06. The molecule has 1 heterocycles. The van der Waals surface area contributed by atoms with E-state index in [0.717, 1.165) is 25.8 Å². The molecule has 4 nitrogen and oxygen atoms in total. The Kier molecular flexibility index (Phi) is 7.32. The lowest BCUT2D eigenvalue weighted by atomic mass is 10.1. The van der Waals surface area contributed by atoms with Crippen molar-refractivity contribution in [1.29, 1.82) is 0 Å². The number of esters is 1. The number of cyclic esters (lactones) is 1. The Morgan fingerprint density at radius 3 is 2.52 bits per heavy atom. The Morgan fingerprint density at radius 2 is 1.82 bits per heavy atom. The SMILES string of the molecule is COc1cc(/C=C2\C=C(c3ccc(C)cc3)OC2=O)cc(I)c1OCc1ccc(Cl)cc1Cl. The zero-order chi connectivity index (χ0) is 23.5. The maximum absolute atomic E-state index is 12.4. The molecule has 0 N–H and O–H groups in total. The van der Waals surface area contributed by atoms with Crippen LogP contribution in [0.25, 0.3) is 11.8 Å². The Morgan fingerprint density at radius 1 is 1.06 bits per heavy atom. The molecule has 0 aliphatic carbocycles. The van der Waals surface area contributed by atoms with Crippen LogP contribution in [0.2, 0.25) is 10.0 Å². The predicted octanol–water partition coefficient (Wildman–Crippen LogP) is 7.48. The van der Waals surface area contributed by atoms with Gasteiger partial charge in [-0.25, -0.2) is 4.79 Å². The van der Waals surface area contributed by atoms with Crippen LogP contribution in [0.4, 0.5) is 0 Å². The van der Waals surface area contributed by atoms with Gasteiger partial charge in [-0.05, 0) is 71.5 Å². The number of carbonyl (C=O) groups excluding carboxylic acids is 1. The van der Waals surface area contributed by atoms with Gasteiger partial charge in [0.15, 0.2) is 11.5 Å². The number of hydrogen-bond donors (Lipinski definition) is 0. The second-order valence-corrected chi connectivity index (χ2v) is 9.43. The molecule has 1 aliphatic heterocycles. The average Bonchev–Trinajstić information content (AvgIpc) is 3.14. The molecule has 1 aliphatic rings. The van der Waals surface area contributed by atoms with Crippen molar-refractivity contribution in [3.05, 3.63) is 102 Å². The van der Waals surface area contributed by atoms with Gasteiger partial charge in [0.25, 0.3) is 0 Å². The molecule has 0 radical (unpaired) electrons. The van der Waals surface area contributed by atoms with Crippen LogP contribution >= 0.6 is 45.8 Å². The molecule has 0 amide bonds. The first-order valence-corrected chi connectivity index (χ1v) is 11.8. The first-order valence-electron chi connectivity index (χ1n) is 10.0. The fraction of sp³-hybridized carbons (Fsp3) is 0.115. The largest absolute Gasteiger partial charge is 0.493 e. The van der Waals surface area contributed by atoms with E-state index in [1.807, 2.05) is 49.4 Å². The van der Waals surface area contributed by atoms with Crippen molar-refractivity contribution in [3.8, 4) is 11.5 Å². The van der Waals surface area contributed by atoms with E-state index in [2.05, 4.69) is 22.6 Å². The van der Waals surface area contributed by atoms with Crippen molar-refractivity contribution in [2.24, 2.45) is 0 Å². The summed E-state index contributed by atoms with van der Waals surface area (Å²) in [4.78, 5) is 12.4. The van der Waals surface area contributed by atoms with Gasteiger partial charge in [-0.2, -0.15) is 0 Å². The Balaban J connectivity index is 1.59. The first kappa shape index (κ1) is 23.7. The summed E-state index contributed by atoms with van der Waals surface area (Å²) >= 11 is 14.4. The number of hydrogen-bond acceptors (Lipinski definition) is 4. The molecular weight excluding hydrogens is 574 g/mol. The van der Waals surface area contributed by atoms with Crippen LogP contribution < -0.4 is 9.47 Å². The van der Waals surface area contributed by atoms with E-state index in [9.17, 15) is 4.79 Å².